The summed E-state index contributed by atoms with van der Waals surface area (Å²) >= 11 is 15.1. The normalized spacial score (nSPS) is 15.0. The van der Waals surface area contributed by atoms with Crippen molar-refractivity contribution in [3.63, 3.8) is 0 Å². The van der Waals surface area contributed by atoms with Gasteiger partial charge in [0.05, 0.1) is 16.2 Å². The Balaban J connectivity index is 2.05. The van der Waals surface area contributed by atoms with Crippen molar-refractivity contribution in [3.8, 4) is 0 Å². The standard InChI is InChI=1S/C14H11Br2ClN2OS/c1-18-13(11-4-8(15)14(16)21-11)7-2-6-3-12(20)19-10(6)5-9(7)17/h2,4-5,13,18H,3H2,1H3,(H,19,20). The molecule has 1 unspecified atom stereocenters. The van der Waals surface area contributed by atoms with Crippen molar-refractivity contribution in [1.82, 2.24) is 5.32 Å². The van der Waals surface area contributed by atoms with Crippen molar-refractivity contribution < 1.29 is 4.79 Å². The van der Waals surface area contributed by atoms with E-state index in [1.807, 2.05) is 19.2 Å². The molecule has 110 valence electrons. The van der Waals surface area contributed by atoms with Gasteiger partial charge in [-0.3, -0.25) is 4.79 Å². The molecular weight excluding hydrogens is 439 g/mol. The number of hydrogen-bond acceptors (Lipinski definition) is 3. The first-order chi connectivity index (χ1) is 9.99. The van der Waals surface area contributed by atoms with Crippen LogP contribution in [0, 0.1) is 0 Å². The molecule has 7 heteroatoms. The van der Waals surface area contributed by atoms with Gasteiger partial charge in [0.15, 0.2) is 0 Å². The Morgan fingerprint density at radius 3 is 2.76 bits per heavy atom. The molecule has 2 aromatic rings. The SMILES string of the molecule is CNC(c1cc(Br)c(Br)s1)c1cc2c(cc1Cl)NC(=O)C2. The van der Waals surface area contributed by atoms with E-state index < -0.39 is 0 Å². The topological polar surface area (TPSA) is 41.1 Å². The van der Waals surface area contributed by atoms with Crippen molar-refractivity contribution in [1.29, 1.82) is 0 Å². The zero-order chi connectivity index (χ0) is 15.1. The molecular formula is C14H11Br2ClN2OS. The molecule has 0 saturated carbocycles. The number of fused-ring (bicyclic) bond motifs is 1. The molecule has 3 nitrogen and oxygen atoms in total. The van der Waals surface area contributed by atoms with E-state index in [0.717, 1.165) is 30.0 Å². The number of rotatable bonds is 3. The van der Waals surface area contributed by atoms with E-state index in [4.69, 9.17) is 11.6 Å². The minimum atomic E-state index is -0.00824. The van der Waals surface area contributed by atoms with E-state index in [1.54, 1.807) is 11.3 Å². The van der Waals surface area contributed by atoms with Crippen LogP contribution >= 0.6 is 54.8 Å². The van der Waals surface area contributed by atoms with Gasteiger partial charge in [-0.15, -0.1) is 11.3 Å². The van der Waals surface area contributed by atoms with Crippen LogP contribution in [0.2, 0.25) is 5.02 Å². The molecule has 0 spiro atoms. The zero-order valence-electron chi connectivity index (χ0n) is 11.0. The highest BCUT2D eigenvalue weighted by Crippen LogP contribution is 2.40. The number of benzene rings is 1. The first-order valence-electron chi connectivity index (χ1n) is 6.23. The second kappa shape index (κ2) is 6.01. The first kappa shape index (κ1) is 15.5. The van der Waals surface area contributed by atoms with Crippen molar-refractivity contribution in [2.24, 2.45) is 0 Å². The number of nitrogens with one attached hydrogen (secondary N) is 2. The number of carbonyl (C=O) groups excluding carboxylic acids is 1. The van der Waals surface area contributed by atoms with Gasteiger partial charge in [-0.2, -0.15) is 0 Å². The maximum Gasteiger partial charge on any atom is 0.228 e. The van der Waals surface area contributed by atoms with Gasteiger partial charge in [0.25, 0.3) is 0 Å². The van der Waals surface area contributed by atoms with Crippen LogP contribution in [-0.4, -0.2) is 13.0 Å². The Bertz CT molecular complexity index is 713. The third-order valence-electron chi connectivity index (χ3n) is 3.40. The molecule has 0 saturated heterocycles. The number of halogens is 3. The summed E-state index contributed by atoms with van der Waals surface area (Å²) in [5, 5.41) is 6.77. The summed E-state index contributed by atoms with van der Waals surface area (Å²) in [6.45, 7) is 0. The van der Waals surface area contributed by atoms with Gasteiger partial charge in [0, 0.05) is 20.1 Å². The Hall–Kier alpha value is -0.400. The van der Waals surface area contributed by atoms with Gasteiger partial charge >= 0.3 is 0 Å². The highest BCUT2D eigenvalue weighted by Gasteiger charge is 2.24. The fourth-order valence-electron chi connectivity index (χ4n) is 2.44. The van der Waals surface area contributed by atoms with Crippen LogP contribution in [0.15, 0.2) is 26.5 Å². The van der Waals surface area contributed by atoms with Gasteiger partial charge in [-0.25, -0.2) is 0 Å². The molecule has 2 heterocycles. The lowest BCUT2D eigenvalue weighted by molar-refractivity contribution is -0.115. The average Bonchev–Trinajstić information content (AvgIpc) is 2.93. The maximum absolute atomic E-state index is 11.5. The van der Waals surface area contributed by atoms with E-state index >= 15 is 0 Å². The summed E-state index contributed by atoms with van der Waals surface area (Å²) in [6, 6.07) is 5.91. The third kappa shape index (κ3) is 2.92. The quantitative estimate of drug-likeness (QED) is 0.710. The highest BCUT2D eigenvalue weighted by molar-refractivity contribution is 9.13. The Kier molecular flexibility index (Phi) is 4.43. The van der Waals surface area contributed by atoms with Crippen molar-refractivity contribution in [3.05, 3.63) is 47.5 Å². The van der Waals surface area contributed by atoms with E-state index in [2.05, 4.69) is 48.6 Å². The van der Waals surface area contributed by atoms with Crippen molar-refractivity contribution in [2.75, 3.05) is 12.4 Å². The number of carbonyl (C=O) groups is 1. The second-order valence-electron chi connectivity index (χ2n) is 4.75. The molecule has 1 aliphatic heterocycles. The molecule has 0 fully saturated rings. The average molecular weight is 451 g/mol. The lowest BCUT2D eigenvalue weighted by atomic mass is 10.0. The van der Waals surface area contributed by atoms with Gasteiger partial charge in [0.1, 0.15) is 0 Å². The molecule has 2 N–H and O–H groups in total. The largest absolute Gasteiger partial charge is 0.325 e. The molecule has 1 aromatic carbocycles. The van der Waals surface area contributed by atoms with E-state index in [-0.39, 0.29) is 11.9 Å². The number of hydrogen-bond donors (Lipinski definition) is 2. The smallest absolute Gasteiger partial charge is 0.228 e. The van der Waals surface area contributed by atoms with Gasteiger partial charge in [-0.05, 0) is 68.2 Å². The summed E-state index contributed by atoms with van der Waals surface area (Å²) in [7, 11) is 1.90. The fraction of sp³-hybridized carbons (Fsp3) is 0.214. The van der Waals surface area contributed by atoms with Gasteiger partial charge in [0.2, 0.25) is 5.91 Å². The summed E-state index contributed by atoms with van der Waals surface area (Å²) < 4.78 is 2.07. The lowest BCUT2D eigenvalue weighted by Crippen LogP contribution is -2.17. The fourth-order valence-corrected chi connectivity index (χ4v) is 4.94. The highest BCUT2D eigenvalue weighted by atomic mass is 79.9. The molecule has 1 aliphatic rings. The van der Waals surface area contributed by atoms with Crippen LogP contribution in [0.1, 0.15) is 22.0 Å². The minimum Gasteiger partial charge on any atom is -0.325 e. The van der Waals surface area contributed by atoms with Crippen molar-refractivity contribution in [2.45, 2.75) is 12.5 Å². The van der Waals surface area contributed by atoms with Crippen LogP contribution in [0.4, 0.5) is 5.69 Å². The molecule has 0 bridgehead atoms. The third-order valence-corrected chi connectivity index (χ3v) is 7.04. The zero-order valence-corrected chi connectivity index (χ0v) is 15.7. The lowest BCUT2D eigenvalue weighted by Gasteiger charge is -2.18. The molecule has 1 amide bonds. The van der Waals surface area contributed by atoms with E-state index in [9.17, 15) is 4.79 Å². The maximum atomic E-state index is 11.5. The minimum absolute atomic E-state index is 0.00824. The summed E-state index contributed by atoms with van der Waals surface area (Å²) in [5.41, 5.74) is 2.79. The van der Waals surface area contributed by atoms with Gasteiger partial charge in [-0.1, -0.05) is 11.6 Å². The summed E-state index contributed by atoms with van der Waals surface area (Å²) in [4.78, 5) is 12.6. The molecule has 1 atom stereocenters. The molecule has 21 heavy (non-hydrogen) atoms. The number of anilines is 1. The summed E-state index contributed by atoms with van der Waals surface area (Å²) in [5.74, 6) is 0.0147. The van der Waals surface area contributed by atoms with E-state index in [0.29, 0.717) is 11.4 Å². The number of amides is 1. The molecule has 0 aliphatic carbocycles. The first-order valence-corrected chi connectivity index (χ1v) is 9.01. The van der Waals surface area contributed by atoms with Crippen LogP contribution in [0.25, 0.3) is 0 Å². The van der Waals surface area contributed by atoms with Gasteiger partial charge < -0.3 is 10.6 Å². The number of thiophene rings is 1. The van der Waals surface area contributed by atoms with Crippen LogP contribution in [0.5, 0.6) is 0 Å². The van der Waals surface area contributed by atoms with Crippen LogP contribution in [-0.2, 0) is 11.2 Å². The Morgan fingerprint density at radius 1 is 1.38 bits per heavy atom. The monoisotopic (exact) mass is 448 g/mol. The Morgan fingerprint density at radius 2 is 2.14 bits per heavy atom. The predicted octanol–water partition coefficient (Wildman–Crippen LogP) is 4.73. The molecule has 1 aromatic heterocycles. The van der Waals surface area contributed by atoms with Crippen molar-refractivity contribution >= 4 is 66.4 Å². The molecule has 3 rings (SSSR count). The summed E-state index contributed by atoms with van der Waals surface area (Å²) in [6.07, 6.45) is 0.410. The predicted molar refractivity (Wildman–Crippen MR) is 94.4 cm³/mol. The molecule has 0 radical (unpaired) electrons. The Labute approximate surface area is 148 Å². The van der Waals surface area contributed by atoms with E-state index in [1.165, 1.54) is 0 Å². The second-order valence-corrected chi connectivity index (χ2v) is 8.41. The van der Waals surface area contributed by atoms with Crippen LogP contribution < -0.4 is 10.6 Å². The van der Waals surface area contributed by atoms with Crippen LogP contribution in [0.3, 0.4) is 0 Å².